The number of amides is 1. The number of likely N-dealkylation sites (tertiary alicyclic amines) is 1. The first-order valence-corrected chi connectivity index (χ1v) is 6.87. The van der Waals surface area contributed by atoms with Crippen LogP contribution in [0.2, 0.25) is 0 Å². The molecule has 4 nitrogen and oxygen atoms in total. The monoisotopic (exact) mass is 315 g/mol. The molecule has 0 N–H and O–H groups in total. The average molecular weight is 316 g/mol. The Morgan fingerprint density at radius 3 is 2.78 bits per heavy atom. The molecule has 1 aromatic heterocycles. The number of furan rings is 1. The minimum absolute atomic E-state index is 0.240. The van der Waals surface area contributed by atoms with E-state index in [1.807, 2.05) is 32.9 Å². The van der Waals surface area contributed by atoms with Crippen LogP contribution in [0.4, 0.5) is 4.79 Å². The lowest BCUT2D eigenvalue weighted by Crippen LogP contribution is -2.35. The molecular weight excluding hydrogens is 298 g/mol. The fraction of sp³-hybridized carbons (Fsp3) is 0.615. The second-order valence-electron chi connectivity index (χ2n) is 5.55. The first-order chi connectivity index (χ1) is 8.35. The van der Waals surface area contributed by atoms with Crippen LogP contribution in [0.3, 0.4) is 0 Å². The highest BCUT2D eigenvalue weighted by Gasteiger charge is 2.31. The van der Waals surface area contributed by atoms with Crippen molar-refractivity contribution >= 4 is 22.0 Å². The van der Waals surface area contributed by atoms with Gasteiger partial charge in [-0.15, -0.1) is 0 Å². The van der Waals surface area contributed by atoms with Crippen LogP contribution >= 0.6 is 15.9 Å². The Hall–Kier alpha value is -0.970. The highest BCUT2D eigenvalue weighted by molar-refractivity contribution is 9.10. The van der Waals surface area contributed by atoms with Crippen LogP contribution in [0, 0.1) is 0 Å². The molecule has 1 unspecified atom stereocenters. The number of hydrogen-bond donors (Lipinski definition) is 0. The molecular formula is C13H18BrNO3. The van der Waals surface area contributed by atoms with Gasteiger partial charge in [0.2, 0.25) is 0 Å². The predicted molar refractivity (Wildman–Crippen MR) is 71.6 cm³/mol. The van der Waals surface area contributed by atoms with Gasteiger partial charge < -0.3 is 14.1 Å². The van der Waals surface area contributed by atoms with Crippen molar-refractivity contribution < 1.29 is 13.9 Å². The predicted octanol–water partition coefficient (Wildman–Crippen LogP) is 3.77. The molecule has 0 spiro atoms. The van der Waals surface area contributed by atoms with Crippen LogP contribution in [-0.2, 0) is 4.74 Å². The Balaban J connectivity index is 1.94. The maximum absolute atomic E-state index is 11.9. The van der Waals surface area contributed by atoms with Gasteiger partial charge in [0.05, 0.1) is 0 Å². The lowest BCUT2D eigenvalue weighted by Gasteiger charge is -2.24. The summed E-state index contributed by atoms with van der Waals surface area (Å²) in [6.07, 6.45) is 0.676. The molecule has 1 fully saturated rings. The van der Waals surface area contributed by atoms with E-state index in [1.165, 1.54) is 0 Å². The molecule has 1 aromatic rings. The van der Waals surface area contributed by atoms with Crippen molar-refractivity contribution in [3.05, 3.63) is 22.6 Å². The van der Waals surface area contributed by atoms with Gasteiger partial charge in [-0.05, 0) is 55.3 Å². The van der Waals surface area contributed by atoms with Crippen LogP contribution < -0.4 is 0 Å². The van der Waals surface area contributed by atoms with E-state index in [0.29, 0.717) is 6.54 Å². The van der Waals surface area contributed by atoms with Crippen LogP contribution in [0.15, 0.2) is 21.2 Å². The van der Waals surface area contributed by atoms with E-state index < -0.39 is 5.60 Å². The first-order valence-electron chi connectivity index (χ1n) is 6.08. The molecule has 5 heteroatoms. The zero-order valence-corrected chi connectivity index (χ0v) is 12.5. The van der Waals surface area contributed by atoms with E-state index in [2.05, 4.69) is 15.9 Å². The van der Waals surface area contributed by atoms with Crippen molar-refractivity contribution in [3.63, 3.8) is 0 Å². The summed E-state index contributed by atoms with van der Waals surface area (Å²) in [5, 5.41) is 0. The van der Waals surface area contributed by atoms with E-state index in [1.54, 1.807) is 4.90 Å². The fourth-order valence-corrected chi connectivity index (χ4v) is 2.35. The third-order valence-corrected chi connectivity index (χ3v) is 3.26. The number of hydrogen-bond acceptors (Lipinski definition) is 3. The molecule has 2 rings (SSSR count). The van der Waals surface area contributed by atoms with E-state index in [4.69, 9.17) is 9.15 Å². The van der Waals surface area contributed by atoms with Crippen molar-refractivity contribution in [3.8, 4) is 0 Å². The van der Waals surface area contributed by atoms with Crippen LogP contribution in [0.25, 0.3) is 0 Å². The molecule has 1 amide bonds. The second-order valence-corrected chi connectivity index (χ2v) is 6.34. The lowest BCUT2D eigenvalue weighted by molar-refractivity contribution is 0.0292. The summed E-state index contributed by atoms with van der Waals surface area (Å²) in [6, 6.07) is 3.83. The topological polar surface area (TPSA) is 42.7 Å². The summed E-state index contributed by atoms with van der Waals surface area (Å²) in [7, 11) is 0. The van der Waals surface area contributed by atoms with Crippen LogP contribution in [-0.4, -0.2) is 29.7 Å². The van der Waals surface area contributed by atoms with Gasteiger partial charge >= 0.3 is 6.09 Å². The van der Waals surface area contributed by atoms with Gasteiger partial charge in [0.25, 0.3) is 0 Å². The summed E-state index contributed by atoms with van der Waals surface area (Å²) in [5.41, 5.74) is -0.442. The highest BCUT2D eigenvalue weighted by atomic mass is 79.9. The second kappa shape index (κ2) is 4.96. The molecule has 2 heterocycles. The quantitative estimate of drug-likeness (QED) is 0.792. The summed E-state index contributed by atoms with van der Waals surface area (Å²) in [4.78, 5) is 13.6. The molecule has 0 aliphatic carbocycles. The Morgan fingerprint density at radius 2 is 2.22 bits per heavy atom. The van der Waals surface area contributed by atoms with Crippen molar-refractivity contribution in [2.75, 3.05) is 13.1 Å². The van der Waals surface area contributed by atoms with Gasteiger partial charge in [-0.3, -0.25) is 0 Å². The van der Waals surface area contributed by atoms with Gasteiger partial charge in [0, 0.05) is 19.0 Å². The van der Waals surface area contributed by atoms with E-state index in [9.17, 15) is 4.79 Å². The maximum atomic E-state index is 11.9. The number of rotatable bonds is 1. The van der Waals surface area contributed by atoms with Gasteiger partial charge in [0.15, 0.2) is 4.67 Å². The standard InChI is InChI=1S/C13H18BrNO3/c1-13(2,3)18-12(16)15-7-6-9(8-15)10-4-5-11(14)17-10/h4-5,9H,6-8H2,1-3H3. The van der Waals surface area contributed by atoms with Gasteiger partial charge in [-0.1, -0.05) is 0 Å². The zero-order chi connectivity index (χ0) is 13.3. The number of ether oxygens (including phenoxy) is 1. The smallest absolute Gasteiger partial charge is 0.410 e. The molecule has 100 valence electrons. The number of halogens is 1. The van der Waals surface area contributed by atoms with E-state index in [-0.39, 0.29) is 12.0 Å². The van der Waals surface area contributed by atoms with Crippen LogP contribution in [0.1, 0.15) is 38.9 Å². The van der Waals surface area contributed by atoms with Crippen LogP contribution in [0.5, 0.6) is 0 Å². The van der Waals surface area contributed by atoms with E-state index >= 15 is 0 Å². The summed E-state index contributed by atoms with van der Waals surface area (Å²) >= 11 is 3.29. The summed E-state index contributed by atoms with van der Waals surface area (Å²) < 4.78 is 11.6. The third kappa shape index (κ3) is 3.28. The summed E-state index contributed by atoms with van der Waals surface area (Å²) in [5.74, 6) is 1.19. The maximum Gasteiger partial charge on any atom is 0.410 e. The molecule has 0 saturated carbocycles. The highest BCUT2D eigenvalue weighted by Crippen LogP contribution is 2.30. The summed E-state index contributed by atoms with van der Waals surface area (Å²) in [6.45, 7) is 7.01. The van der Waals surface area contributed by atoms with Gasteiger partial charge in [-0.2, -0.15) is 0 Å². The Bertz CT molecular complexity index is 436. The zero-order valence-electron chi connectivity index (χ0n) is 10.9. The first kappa shape index (κ1) is 13.5. The SMILES string of the molecule is CC(C)(C)OC(=O)N1CCC(c2ccc(Br)o2)C1. The molecule has 1 aliphatic heterocycles. The Morgan fingerprint density at radius 1 is 1.50 bits per heavy atom. The molecule has 18 heavy (non-hydrogen) atoms. The third-order valence-electron chi connectivity index (χ3n) is 2.84. The Kier molecular flexibility index (Phi) is 3.71. The normalized spacial score (nSPS) is 20.2. The van der Waals surface area contributed by atoms with Crippen molar-refractivity contribution in [1.29, 1.82) is 0 Å². The molecule has 0 radical (unpaired) electrons. The fourth-order valence-electron chi connectivity index (χ4n) is 2.03. The Labute approximate surface area is 115 Å². The largest absolute Gasteiger partial charge is 0.454 e. The minimum Gasteiger partial charge on any atom is -0.454 e. The molecule has 1 atom stereocenters. The van der Waals surface area contributed by atoms with Crippen molar-refractivity contribution in [1.82, 2.24) is 4.90 Å². The minimum atomic E-state index is -0.442. The van der Waals surface area contributed by atoms with Gasteiger partial charge in [0.1, 0.15) is 11.4 Å². The van der Waals surface area contributed by atoms with Crippen molar-refractivity contribution in [2.45, 2.75) is 38.7 Å². The molecule has 1 aliphatic rings. The molecule has 0 bridgehead atoms. The number of carbonyl (C=O) groups is 1. The number of nitrogens with zero attached hydrogens (tertiary/aromatic N) is 1. The van der Waals surface area contributed by atoms with E-state index in [0.717, 1.165) is 23.4 Å². The number of carbonyl (C=O) groups excluding carboxylic acids is 1. The van der Waals surface area contributed by atoms with Gasteiger partial charge in [-0.25, -0.2) is 4.79 Å². The molecule has 0 aromatic carbocycles. The molecule has 1 saturated heterocycles. The average Bonchev–Trinajstić information content (AvgIpc) is 2.82. The lowest BCUT2D eigenvalue weighted by atomic mass is 10.1. The van der Waals surface area contributed by atoms with Crippen molar-refractivity contribution in [2.24, 2.45) is 0 Å².